The molecule has 4 unspecified atom stereocenters. The summed E-state index contributed by atoms with van der Waals surface area (Å²) in [7, 11) is 0. The van der Waals surface area contributed by atoms with Crippen LogP contribution in [0.1, 0.15) is 53.4 Å². The van der Waals surface area contributed by atoms with Crippen LogP contribution in [0, 0.1) is 22.7 Å². The Morgan fingerprint density at radius 1 is 1.33 bits per heavy atom. The molecule has 0 spiro atoms. The van der Waals surface area contributed by atoms with Gasteiger partial charge in [-0.15, -0.1) is 0 Å². The highest BCUT2D eigenvalue weighted by molar-refractivity contribution is 5.07. The molecule has 0 radical (unpaired) electrons. The molecule has 2 fully saturated rings. The lowest BCUT2D eigenvalue weighted by Gasteiger charge is -2.43. The Kier molecular flexibility index (Phi) is 1.63. The van der Waals surface area contributed by atoms with Gasteiger partial charge in [-0.1, -0.05) is 34.1 Å². The van der Waals surface area contributed by atoms with E-state index in [1.807, 2.05) is 0 Å². The Labute approximate surface area is 76.7 Å². The molecule has 0 heteroatoms. The average molecular weight is 166 g/mol. The first-order chi connectivity index (χ1) is 5.52. The lowest BCUT2D eigenvalue weighted by atomic mass is 9.62. The molecule has 0 saturated heterocycles. The van der Waals surface area contributed by atoms with Crippen LogP contribution in [0.15, 0.2) is 0 Å². The Morgan fingerprint density at radius 3 is 2.25 bits per heavy atom. The van der Waals surface area contributed by atoms with E-state index in [4.69, 9.17) is 0 Å². The van der Waals surface area contributed by atoms with Crippen LogP contribution in [0.2, 0.25) is 0 Å². The smallest absolute Gasteiger partial charge is 0.0289 e. The van der Waals surface area contributed by atoms with Gasteiger partial charge in [-0.2, -0.15) is 0 Å². The van der Waals surface area contributed by atoms with E-state index in [2.05, 4.69) is 27.7 Å². The van der Waals surface area contributed by atoms with Gasteiger partial charge in [0.1, 0.15) is 0 Å². The molecule has 4 atom stereocenters. The molecule has 2 aliphatic carbocycles. The van der Waals surface area contributed by atoms with E-state index in [-0.39, 0.29) is 0 Å². The summed E-state index contributed by atoms with van der Waals surface area (Å²) < 4.78 is 0. The van der Waals surface area contributed by atoms with Crippen molar-refractivity contribution in [3.8, 4) is 0 Å². The Bertz CT molecular complexity index is 196. The highest BCUT2D eigenvalue weighted by Crippen LogP contribution is 2.67. The fraction of sp³-hybridized carbons (Fsp3) is 1.00. The normalized spacial score (nSPS) is 58.0. The van der Waals surface area contributed by atoms with Gasteiger partial charge in [-0.05, 0) is 41.9 Å². The van der Waals surface area contributed by atoms with Crippen molar-refractivity contribution in [2.24, 2.45) is 22.7 Å². The summed E-state index contributed by atoms with van der Waals surface area (Å²) in [6.07, 6.45) is 5.87. The Hall–Kier alpha value is 0. The second-order valence-corrected chi connectivity index (χ2v) is 5.77. The van der Waals surface area contributed by atoms with E-state index in [9.17, 15) is 0 Å². The third kappa shape index (κ3) is 0.843. The van der Waals surface area contributed by atoms with Gasteiger partial charge in [-0.3, -0.25) is 0 Å². The van der Waals surface area contributed by atoms with E-state index < -0.39 is 0 Å². The first-order valence-electron chi connectivity index (χ1n) is 5.52. The van der Waals surface area contributed by atoms with Crippen LogP contribution in [-0.4, -0.2) is 0 Å². The van der Waals surface area contributed by atoms with Crippen LogP contribution in [0.25, 0.3) is 0 Å². The molecule has 2 aliphatic rings. The Morgan fingerprint density at radius 2 is 2.00 bits per heavy atom. The van der Waals surface area contributed by atoms with Crippen LogP contribution < -0.4 is 0 Å². The van der Waals surface area contributed by atoms with E-state index in [1.165, 1.54) is 25.7 Å². The molecule has 0 nitrogen and oxygen atoms in total. The maximum absolute atomic E-state index is 2.51. The van der Waals surface area contributed by atoms with Gasteiger partial charge >= 0.3 is 0 Å². The minimum Gasteiger partial charge on any atom is -0.0649 e. The minimum absolute atomic E-state index is 0.663. The Balaban J connectivity index is 2.23. The van der Waals surface area contributed by atoms with Crippen LogP contribution in [0.4, 0.5) is 0 Å². The van der Waals surface area contributed by atoms with Gasteiger partial charge < -0.3 is 0 Å². The van der Waals surface area contributed by atoms with E-state index in [0.29, 0.717) is 5.41 Å². The fourth-order valence-electron chi connectivity index (χ4n) is 3.89. The third-order valence-corrected chi connectivity index (χ3v) is 5.24. The van der Waals surface area contributed by atoms with Crippen molar-refractivity contribution in [1.82, 2.24) is 0 Å². The maximum atomic E-state index is 2.51. The predicted octanol–water partition coefficient (Wildman–Crippen LogP) is 3.86. The fourth-order valence-corrected chi connectivity index (χ4v) is 3.89. The van der Waals surface area contributed by atoms with Crippen LogP contribution in [-0.2, 0) is 0 Å². The molecule has 0 aliphatic heterocycles. The highest BCUT2D eigenvalue weighted by Gasteiger charge is 2.58. The standard InChI is InChI=1S/C12H22/c1-5-11(3)8-12(4)7-6-10(12)9(11)2/h9-10H,5-8H2,1-4H3. The number of fused-ring (bicyclic) bond motifs is 1. The monoisotopic (exact) mass is 166 g/mol. The van der Waals surface area contributed by atoms with Gasteiger partial charge in [0.05, 0.1) is 0 Å². The van der Waals surface area contributed by atoms with Crippen LogP contribution in [0.5, 0.6) is 0 Å². The van der Waals surface area contributed by atoms with Crippen molar-refractivity contribution in [1.29, 1.82) is 0 Å². The molecule has 2 saturated carbocycles. The summed E-state index contributed by atoms with van der Waals surface area (Å²) in [6.45, 7) is 9.86. The molecular weight excluding hydrogens is 144 g/mol. The van der Waals surface area contributed by atoms with Crippen molar-refractivity contribution in [3.63, 3.8) is 0 Å². The van der Waals surface area contributed by atoms with Crippen molar-refractivity contribution in [3.05, 3.63) is 0 Å². The minimum atomic E-state index is 0.663. The quantitative estimate of drug-likeness (QED) is 0.555. The first kappa shape index (κ1) is 8.59. The summed E-state index contributed by atoms with van der Waals surface area (Å²) in [5, 5.41) is 0. The maximum Gasteiger partial charge on any atom is -0.0289 e. The third-order valence-electron chi connectivity index (χ3n) is 5.24. The van der Waals surface area contributed by atoms with Crippen molar-refractivity contribution in [2.75, 3.05) is 0 Å². The molecule has 70 valence electrons. The predicted molar refractivity (Wildman–Crippen MR) is 53.0 cm³/mol. The molecule has 0 heterocycles. The van der Waals surface area contributed by atoms with Crippen LogP contribution in [0.3, 0.4) is 0 Å². The van der Waals surface area contributed by atoms with Gasteiger partial charge in [0.25, 0.3) is 0 Å². The second-order valence-electron chi connectivity index (χ2n) is 5.77. The summed E-state index contributed by atoms with van der Waals surface area (Å²) >= 11 is 0. The van der Waals surface area contributed by atoms with Crippen molar-refractivity contribution >= 4 is 0 Å². The van der Waals surface area contributed by atoms with Gasteiger partial charge in [0.2, 0.25) is 0 Å². The number of hydrogen-bond acceptors (Lipinski definition) is 0. The summed E-state index contributed by atoms with van der Waals surface area (Å²) in [4.78, 5) is 0. The molecule has 12 heavy (non-hydrogen) atoms. The number of rotatable bonds is 1. The zero-order valence-corrected chi connectivity index (χ0v) is 8.98. The molecule has 0 amide bonds. The molecule has 0 bridgehead atoms. The summed E-state index contributed by atoms with van der Waals surface area (Å²) in [6, 6.07) is 0. The molecule has 0 aromatic heterocycles. The lowest BCUT2D eigenvalue weighted by molar-refractivity contribution is 0.0636. The van der Waals surface area contributed by atoms with Gasteiger partial charge in [0, 0.05) is 0 Å². The largest absolute Gasteiger partial charge is 0.0649 e. The molecule has 0 N–H and O–H groups in total. The zero-order valence-electron chi connectivity index (χ0n) is 8.98. The summed E-state index contributed by atoms with van der Waals surface area (Å²) in [5.41, 5.74) is 1.40. The molecule has 0 aromatic rings. The second kappa shape index (κ2) is 2.27. The van der Waals surface area contributed by atoms with Gasteiger partial charge in [0.15, 0.2) is 0 Å². The lowest BCUT2D eigenvalue weighted by Crippen LogP contribution is -2.34. The van der Waals surface area contributed by atoms with E-state index >= 15 is 0 Å². The van der Waals surface area contributed by atoms with Crippen molar-refractivity contribution in [2.45, 2.75) is 53.4 Å². The first-order valence-corrected chi connectivity index (χ1v) is 5.52. The topological polar surface area (TPSA) is 0 Å². The van der Waals surface area contributed by atoms with E-state index in [1.54, 1.807) is 0 Å². The molecular formula is C12H22. The molecule has 2 rings (SSSR count). The van der Waals surface area contributed by atoms with Gasteiger partial charge in [-0.25, -0.2) is 0 Å². The van der Waals surface area contributed by atoms with Crippen LogP contribution >= 0.6 is 0 Å². The number of hydrogen-bond donors (Lipinski definition) is 0. The SMILES string of the molecule is CCC1(C)CC2(C)CCC2C1C. The zero-order chi connectivity index (χ0) is 8.98. The van der Waals surface area contributed by atoms with E-state index in [0.717, 1.165) is 17.3 Å². The summed E-state index contributed by atoms with van der Waals surface area (Å²) in [5.74, 6) is 2.03. The van der Waals surface area contributed by atoms with Crippen molar-refractivity contribution < 1.29 is 0 Å². The highest BCUT2D eigenvalue weighted by atomic mass is 14.6. The average Bonchev–Trinajstić information content (AvgIpc) is 2.12. The molecule has 0 aromatic carbocycles.